The van der Waals surface area contributed by atoms with Crippen molar-refractivity contribution >= 4 is 11.6 Å². The molecule has 0 atom stereocenters. The molecule has 124 valence electrons. The second-order valence-corrected chi connectivity index (χ2v) is 5.71. The molecule has 0 saturated heterocycles. The number of hydrogen-bond donors (Lipinski definition) is 1. The lowest BCUT2D eigenvalue weighted by atomic mass is 10.2. The van der Waals surface area contributed by atoms with Crippen LogP contribution >= 0.6 is 0 Å². The Labute approximate surface area is 144 Å². The van der Waals surface area contributed by atoms with E-state index in [1.165, 1.54) is 0 Å². The molecule has 3 heterocycles. The molecule has 4 rings (SSSR count). The number of rotatable bonds is 4. The molecule has 0 spiro atoms. The SMILES string of the molecule is Cc1cc(C(=O)NCc2ccco2)nc2cc(-c3ccccc3)nn12. The van der Waals surface area contributed by atoms with Crippen LogP contribution in [0, 0.1) is 6.92 Å². The van der Waals surface area contributed by atoms with Gasteiger partial charge < -0.3 is 9.73 Å². The monoisotopic (exact) mass is 332 g/mol. The molecular weight excluding hydrogens is 316 g/mol. The summed E-state index contributed by atoms with van der Waals surface area (Å²) in [7, 11) is 0. The van der Waals surface area contributed by atoms with Gasteiger partial charge in [-0.15, -0.1) is 0 Å². The number of hydrogen-bond acceptors (Lipinski definition) is 4. The Kier molecular flexibility index (Phi) is 3.78. The number of nitrogens with one attached hydrogen (secondary N) is 1. The Bertz CT molecular complexity index is 1020. The Morgan fingerprint density at radius 1 is 1.16 bits per heavy atom. The van der Waals surface area contributed by atoms with Crippen LogP contribution in [0.15, 0.2) is 65.3 Å². The molecule has 0 aliphatic rings. The number of carbonyl (C=O) groups excluding carboxylic acids is 1. The zero-order valence-electron chi connectivity index (χ0n) is 13.6. The number of benzene rings is 1. The second-order valence-electron chi connectivity index (χ2n) is 5.71. The van der Waals surface area contributed by atoms with Crippen LogP contribution in [-0.4, -0.2) is 20.5 Å². The van der Waals surface area contributed by atoms with Gasteiger partial charge >= 0.3 is 0 Å². The van der Waals surface area contributed by atoms with Gasteiger partial charge in [0.2, 0.25) is 0 Å². The molecule has 0 saturated carbocycles. The number of amides is 1. The predicted molar refractivity (Wildman–Crippen MR) is 93.0 cm³/mol. The van der Waals surface area contributed by atoms with E-state index < -0.39 is 0 Å². The highest BCUT2D eigenvalue weighted by atomic mass is 16.3. The fourth-order valence-electron chi connectivity index (χ4n) is 2.66. The molecule has 0 bridgehead atoms. The minimum Gasteiger partial charge on any atom is -0.467 e. The first-order valence-corrected chi connectivity index (χ1v) is 7.94. The lowest BCUT2D eigenvalue weighted by molar-refractivity contribution is 0.0943. The zero-order valence-corrected chi connectivity index (χ0v) is 13.6. The first kappa shape index (κ1) is 15.1. The third kappa shape index (κ3) is 3.01. The first-order valence-electron chi connectivity index (χ1n) is 7.94. The molecule has 6 nitrogen and oxygen atoms in total. The summed E-state index contributed by atoms with van der Waals surface area (Å²) in [6.07, 6.45) is 1.58. The summed E-state index contributed by atoms with van der Waals surface area (Å²) in [6, 6.07) is 17.1. The Hall–Kier alpha value is -3.41. The lowest BCUT2D eigenvalue weighted by Gasteiger charge is -2.05. The normalized spacial score (nSPS) is 10.9. The molecule has 0 aliphatic heterocycles. The van der Waals surface area contributed by atoms with E-state index in [0.717, 1.165) is 17.0 Å². The highest BCUT2D eigenvalue weighted by molar-refractivity contribution is 5.92. The van der Waals surface area contributed by atoms with Gasteiger partial charge in [0.15, 0.2) is 5.65 Å². The summed E-state index contributed by atoms with van der Waals surface area (Å²) in [5, 5.41) is 7.38. The molecule has 1 aromatic carbocycles. The van der Waals surface area contributed by atoms with E-state index in [4.69, 9.17) is 4.42 Å². The minimum atomic E-state index is -0.246. The standard InChI is InChI=1S/C19H16N4O2/c1-13-10-17(19(24)20-12-15-8-5-9-25-15)21-18-11-16(22-23(13)18)14-6-3-2-4-7-14/h2-11H,12H2,1H3,(H,20,24). The van der Waals surface area contributed by atoms with Gasteiger partial charge in [-0.1, -0.05) is 30.3 Å². The summed E-state index contributed by atoms with van der Waals surface area (Å²) < 4.78 is 6.96. The van der Waals surface area contributed by atoms with Crippen molar-refractivity contribution in [2.45, 2.75) is 13.5 Å². The van der Waals surface area contributed by atoms with Gasteiger partial charge in [0.1, 0.15) is 11.5 Å². The Balaban J connectivity index is 1.63. The molecule has 4 aromatic rings. The van der Waals surface area contributed by atoms with Crippen LogP contribution in [0.25, 0.3) is 16.9 Å². The van der Waals surface area contributed by atoms with Crippen LogP contribution in [0.2, 0.25) is 0 Å². The Morgan fingerprint density at radius 2 is 2.00 bits per heavy atom. The van der Waals surface area contributed by atoms with Crippen molar-refractivity contribution in [3.8, 4) is 11.3 Å². The fourth-order valence-corrected chi connectivity index (χ4v) is 2.66. The summed E-state index contributed by atoms with van der Waals surface area (Å²) >= 11 is 0. The molecule has 0 radical (unpaired) electrons. The summed E-state index contributed by atoms with van der Waals surface area (Å²) in [4.78, 5) is 16.8. The van der Waals surface area contributed by atoms with Gasteiger partial charge in [-0.2, -0.15) is 5.10 Å². The van der Waals surface area contributed by atoms with Crippen molar-refractivity contribution < 1.29 is 9.21 Å². The highest BCUT2D eigenvalue weighted by Gasteiger charge is 2.13. The first-order chi connectivity index (χ1) is 12.2. The average molecular weight is 332 g/mol. The maximum absolute atomic E-state index is 12.4. The quantitative estimate of drug-likeness (QED) is 0.623. The van der Waals surface area contributed by atoms with Crippen molar-refractivity contribution in [2.75, 3.05) is 0 Å². The molecule has 1 amide bonds. The lowest BCUT2D eigenvalue weighted by Crippen LogP contribution is -2.24. The Morgan fingerprint density at radius 3 is 2.76 bits per heavy atom. The van der Waals surface area contributed by atoms with Gasteiger partial charge in [-0.25, -0.2) is 9.50 Å². The van der Waals surface area contributed by atoms with E-state index >= 15 is 0 Å². The smallest absolute Gasteiger partial charge is 0.270 e. The van der Waals surface area contributed by atoms with Crippen molar-refractivity contribution in [3.05, 3.63) is 78.0 Å². The average Bonchev–Trinajstić information content (AvgIpc) is 3.30. The van der Waals surface area contributed by atoms with E-state index in [0.29, 0.717) is 23.6 Å². The van der Waals surface area contributed by atoms with Crippen molar-refractivity contribution in [1.29, 1.82) is 0 Å². The molecular formula is C19H16N4O2. The number of aromatic nitrogens is 3. The number of furan rings is 1. The molecule has 0 aliphatic carbocycles. The minimum absolute atomic E-state index is 0.246. The summed E-state index contributed by atoms with van der Waals surface area (Å²) in [5.41, 5.74) is 3.67. The van der Waals surface area contributed by atoms with E-state index in [1.54, 1.807) is 22.9 Å². The molecule has 25 heavy (non-hydrogen) atoms. The number of nitrogens with zero attached hydrogens (tertiary/aromatic N) is 3. The summed E-state index contributed by atoms with van der Waals surface area (Å²) in [6.45, 7) is 2.23. The second kappa shape index (κ2) is 6.24. The number of aryl methyl sites for hydroxylation is 1. The third-order valence-corrected chi connectivity index (χ3v) is 3.91. The number of fused-ring (bicyclic) bond motifs is 1. The van der Waals surface area contributed by atoms with E-state index in [2.05, 4.69) is 15.4 Å². The molecule has 1 N–H and O–H groups in total. The fraction of sp³-hybridized carbons (Fsp3) is 0.105. The maximum Gasteiger partial charge on any atom is 0.270 e. The van der Waals surface area contributed by atoms with Crippen LogP contribution in [0.5, 0.6) is 0 Å². The van der Waals surface area contributed by atoms with E-state index in [9.17, 15) is 4.79 Å². The van der Waals surface area contributed by atoms with E-state index in [1.807, 2.05) is 49.4 Å². The van der Waals surface area contributed by atoms with E-state index in [-0.39, 0.29) is 5.91 Å². The van der Waals surface area contributed by atoms with Crippen LogP contribution in [0.3, 0.4) is 0 Å². The largest absolute Gasteiger partial charge is 0.467 e. The van der Waals surface area contributed by atoms with Crippen molar-refractivity contribution in [3.63, 3.8) is 0 Å². The zero-order chi connectivity index (χ0) is 17.2. The number of carbonyl (C=O) groups is 1. The van der Waals surface area contributed by atoms with Crippen LogP contribution in [0.4, 0.5) is 0 Å². The van der Waals surface area contributed by atoms with Gasteiger partial charge in [-0.05, 0) is 25.1 Å². The molecule has 0 unspecified atom stereocenters. The van der Waals surface area contributed by atoms with Crippen LogP contribution in [-0.2, 0) is 6.54 Å². The third-order valence-electron chi connectivity index (χ3n) is 3.91. The van der Waals surface area contributed by atoms with Crippen LogP contribution in [0.1, 0.15) is 21.9 Å². The van der Waals surface area contributed by atoms with Gasteiger partial charge in [-0.3, -0.25) is 4.79 Å². The van der Waals surface area contributed by atoms with Gasteiger partial charge in [0, 0.05) is 17.3 Å². The summed E-state index contributed by atoms with van der Waals surface area (Å²) in [5.74, 6) is 0.450. The highest BCUT2D eigenvalue weighted by Crippen LogP contribution is 2.19. The molecule has 3 aromatic heterocycles. The topological polar surface area (TPSA) is 72.4 Å². The van der Waals surface area contributed by atoms with Gasteiger partial charge in [0.05, 0.1) is 18.5 Å². The van der Waals surface area contributed by atoms with Crippen molar-refractivity contribution in [1.82, 2.24) is 19.9 Å². The van der Waals surface area contributed by atoms with Crippen molar-refractivity contribution in [2.24, 2.45) is 0 Å². The maximum atomic E-state index is 12.4. The molecule has 0 fully saturated rings. The predicted octanol–water partition coefficient (Wildman–Crippen LogP) is 3.23. The van der Waals surface area contributed by atoms with Gasteiger partial charge in [0.25, 0.3) is 5.91 Å². The van der Waals surface area contributed by atoms with Crippen LogP contribution < -0.4 is 5.32 Å². The molecule has 6 heteroatoms.